The highest BCUT2D eigenvalue weighted by Gasteiger charge is 2.30. The molecule has 3 rings (SSSR count). The number of phenolic OH excluding ortho intramolecular Hbond substituents is 1. The topological polar surface area (TPSA) is 65.4 Å². The zero-order valence-electron chi connectivity index (χ0n) is 17.7. The van der Waals surface area contributed by atoms with Crippen LogP contribution in [0.2, 0.25) is 0 Å². The molecule has 0 spiro atoms. The van der Waals surface area contributed by atoms with E-state index in [0.717, 1.165) is 17.7 Å². The number of aromatic nitrogens is 1. The average molecular weight is 428 g/mol. The fourth-order valence-electron chi connectivity index (χ4n) is 3.47. The van der Waals surface area contributed by atoms with E-state index in [1.807, 2.05) is 0 Å². The fourth-order valence-corrected chi connectivity index (χ4v) is 3.47. The van der Waals surface area contributed by atoms with Crippen LogP contribution in [0.5, 0.6) is 5.75 Å². The number of Topliss-reactive ketones (excluding diaryl/α,β-unsaturated/α-hetero) is 1. The number of rotatable bonds is 5. The van der Waals surface area contributed by atoms with Gasteiger partial charge in [0.1, 0.15) is 5.75 Å². The molecule has 0 unspecified atom stereocenters. The Kier molecular flexibility index (Phi) is 6.06. The smallest absolute Gasteiger partial charge is 0.416 e. The third-order valence-corrected chi connectivity index (χ3v) is 5.17. The van der Waals surface area contributed by atoms with Gasteiger partial charge in [0.2, 0.25) is 0 Å². The first-order valence-electron chi connectivity index (χ1n) is 9.77. The molecule has 0 atom stereocenters. The summed E-state index contributed by atoms with van der Waals surface area (Å²) in [6.07, 6.45) is -2.59. The third kappa shape index (κ3) is 4.55. The number of benzene rings is 2. The number of alkyl halides is 3. The first kappa shape index (κ1) is 22.3. The Morgan fingerprint density at radius 2 is 1.77 bits per heavy atom. The summed E-state index contributed by atoms with van der Waals surface area (Å²) in [7, 11) is 1.60. The number of fused-ring (bicyclic) bond motifs is 1. The summed E-state index contributed by atoms with van der Waals surface area (Å²) < 4.78 is 39.2. The van der Waals surface area contributed by atoms with Crippen molar-refractivity contribution < 1.29 is 23.1 Å². The number of hydrogen-bond donors (Lipinski definition) is 2. The molecule has 2 N–H and O–H groups in total. The molecule has 162 valence electrons. The molecule has 0 amide bonds. The Hall–Kier alpha value is -3.35. The van der Waals surface area contributed by atoms with Crippen molar-refractivity contribution in [1.29, 1.82) is 0 Å². The maximum atomic E-state index is 13.1. The van der Waals surface area contributed by atoms with E-state index in [2.05, 4.69) is 9.98 Å². The van der Waals surface area contributed by atoms with Gasteiger partial charge >= 0.3 is 6.18 Å². The largest absolute Gasteiger partial charge is 0.507 e. The van der Waals surface area contributed by atoms with E-state index in [-0.39, 0.29) is 18.0 Å². The SMILES string of the molecule is CCC(=O)/C(=C\C(=NC)c1cc(C)c(O)c(C)c1)c1cc2cc(C(F)(F)F)ccc2[nH]1. The highest BCUT2D eigenvalue weighted by Crippen LogP contribution is 2.33. The lowest BCUT2D eigenvalue weighted by Gasteiger charge is -2.10. The summed E-state index contributed by atoms with van der Waals surface area (Å²) in [4.78, 5) is 20.1. The molecule has 2 aromatic carbocycles. The molecular formula is C24H23F3N2O2. The number of nitrogens with one attached hydrogen (secondary N) is 1. The molecule has 31 heavy (non-hydrogen) atoms. The Bertz CT molecular complexity index is 1190. The predicted molar refractivity (Wildman–Crippen MR) is 117 cm³/mol. The number of phenols is 1. The van der Waals surface area contributed by atoms with Crippen molar-refractivity contribution in [3.8, 4) is 5.75 Å². The molecule has 0 aliphatic carbocycles. The number of hydrogen-bond acceptors (Lipinski definition) is 3. The normalized spacial score (nSPS) is 13.1. The second-order valence-electron chi connectivity index (χ2n) is 7.39. The third-order valence-electron chi connectivity index (χ3n) is 5.17. The van der Waals surface area contributed by atoms with Crippen LogP contribution in [0.1, 0.15) is 41.3 Å². The lowest BCUT2D eigenvalue weighted by Crippen LogP contribution is -2.06. The maximum absolute atomic E-state index is 13.1. The number of halogens is 3. The molecule has 0 bridgehead atoms. The molecule has 0 radical (unpaired) electrons. The van der Waals surface area contributed by atoms with Crippen molar-refractivity contribution >= 4 is 28.0 Å². The highest BCUT2D eigenvalue weighted by atomic mass is 19.4. The van der Waals surface area contributed by atoms with Gasteiger partial charge in [-0.3, -0.25) is 9.79 Å². The number of carbonyl (C=O) groups excluding carboxylic acids is 1. The van der Waals surface area contributed by atoms with E-state index in [1.54, 1.807) is 52.1 Å². The number of aromatic amines is 1. The lowest BCUT2D eigenvalue weighted by atomic mass is 9.98. The zero-order chi connectivity index (χ0) is 22.9. The van der Waals surface area contributed by atoms with Gasteiger partial charge in [0.25, 0.3) is 0 Å². The van der Waals surface area contributed by atoms with E-state index < -0.39 is 11.7 Å². The van der Waals surface area contributed by atoms with Gasteiger partial charge in [-0.2, -0.15) is 13.2 Å². The van der Waals surface area contributed by atoms with Crippen LogP contribution in [0.3, 0.4) is 0 Å². The van der Waals surface area contributed by atoms with Crippen LogP contribution in [0.4, 0.5) is 13.2 Å². The minimum atomic E-state index is -4.44. The summed E-state index contributed by atoms with van der Waals surface area (Å²) in [5.41, 5.74) is 3.12. The van der Waals surface area contributed by atoms with E-state index in [9.17, 15) is 23.1 Å². The van der Waals surface area contributed by atoms with Gasteiger partial charge in [-0.1, -0.05) is 6.92 Å². The minimum absolute atomic E-state index is 0.170. The molecule has 3 aromatic rings. The van der Waals surface area contributed by atoms with Crippen molar-refractivity contribution in [3.05, 3.63) is 70.4 Å². The average Bonchev–Trinajstić information content (AvgIpc) is 3.14. The van der Waals surface area contributed by atoms with Crippen molar-refractivity contribution in [2.45, 2.75) is 33.4 Å². The monoisotopic (exact) mass is 428 g/mol. The van der Waals surface area contributed by atoms with Crippen LogP contribution in [-0.4, -0.2) is 28.6 Å². The van der Waals surface area contributed by atoms with Crippen LogP contribution in [0.15, 0.2) is 47.5 Å². The molecule has 0 aliphatic heterocycles. The summed E-state index contributed by atoms with van der Waals surface area (Å²) in [6, 6.07) is 8.52. The quantitative estimate of drug-likeness (QED) is 0.387. The number of carbonyl (C=O) groups is 1. The number of nitrogens with zero attached hydrogens (tertiary/aromatic N) is 1. The molecule has 1 heterocycles. The van der Waals surface area contributed by atoms with E-state index in [4.69, 9.17) is 0 Å². The molecule has 7 heteroatoms. The Balaban J connectivity index is 2.13. The summed E-state index contributed by atoms with van der Waals surface area (Å²) in [6.45, 7) is 5.27. The second kappa shape index (κ2) is 8.41. The first-order chi connectivity index (χ1) is 14.5. The van der Waals surface area contributed by atoms with E-state index in [1.165, 1.54) is 6.07 Å². The van der Waals surface area contributed by atoms with Crippen LogP contribution < -0.4 is 0 Å². The summed E-state index contributed by atoms with van der Waals surface area (Å²) in [5, 5.41) is 10.4. The molecular weight excluding hydrogens is 405 g/mol. The lowest BCUT2D eigenvalue weighted by molar-refractivity contribution is -0.137. The van der Waals surface area contributed by atoms with Gasteiger partial charge in [0.05, 0.1) is 17.0 Å². The number of H-pyrrole nitrogens is 1. The minimum Gasteiger partial charge on any atom is -0.507 e. The molecule has 0 fully saturated rings. The van der Waals surface area contributed by atoms with Crippen LogP contribution in [0, 0.1) is 13.8 Å². The van der Waals surface area contributed by atoms with Crippen LogP contribution in [-0.2, 0) is 11.0 Å². The van der Waals surface area contributed by atoms with Crippen molar-refractivity contribution in [1.82, 2.24) is 4.98 Å². The molecule has 0 saturated carbocycles. The number of allylic oxidation sites excluding steroid dienone is 2. The highest BCUT2D eigenvalue weighted by molar-refractivity contribution is 6.27. The number of aryl methyl sites for hydroxylation is 2. The van der Waals surface area contributed by atoms with E-state index in [0.29, 0.717) is 39.0 Å². The summed E-state index contributed by atoms with van der Waals surface area (Å²) in [5.74, 6) is 0.0279. The van der Waals surface area contributed by atoms with Gasteiger partial charge in [-0.25, -0.2) is 0 Å². The Morgan fingerprint density at radius 3 is 2.32 bits per heavy atom. The van der Waals surface area contributed by atoms with Gasteiger partial charge in [-0.05, 0) is 67.4 Å². The molecule has 0 saturated heterocycles. The zero-order valence-corrected chi connectivity index (χ0v) is 17.7. The Morgan fingerprint density at radius 1 is 1.13 bits per heavy atom. The van der Waals surface area contributed by atoms with Gasteiger partial charge in [0.15, 0.2) is 5.78 Å². The maximum Gasteiger partial charge on any atom is 0.416 e. The predicted octanol–water partition coefficient (Wildman–Crippen LogP) is 5.99. The Labute approximate surface area is 178 Å². The molecule has 0 aliphatic rings. The standard InChI is InChI=1S/C24H23F3N2O2/c1-5-22(30)18(12-20(28-4)15-8-13(2)23(31)14(3)9-15)21-11-16-10-17(24(25,26)27)6-7-19(16)29-21/h6-12,29,31H,5H2,1-4H3/b18-12-,28-20?. The van der Waals surface area contributed by atoms with Gasteiger partial charge < -0.3 is 10.1 Å². The number of ketones is 1. The molecule has 4 nitrogen and oxygen atoms in total. The van der Waals surface area contributed by atoms with Gasteiger partial charge in [0, 0.05) is 35.5 Å². The summed E-state index contributed by atoms with van der Waals surface area (Å²) >= 11 is 0. The van der Waals surface area contributed by atoms with Crippen LogP contribution >= 0.6 is 0 Å². The van der Waals surface area contributed by atoms with Gasteiger partial charge in [-0.15, -0.1) is 0 Å². The first-order valence-corrected chi connectivity index (χ1v) is 9.77. The van der Waals surface area contributed by atoms with Crippen molar-refractivity contribution in [2.24, 2.45) is 4.99 Å². The van der Waals surface area contributed by atoms with Crippen molar-refractivity contribution in [3.63, 3.8) is 0 Å². The second-order valence-corrected chi connectivity index (χ2v) is 7.39. The van der Waals surface area contributed by atoms with Crippen LogP contribution in [0.25, 0.3) is 16.5 Å². The fraction of sp³-hybridized carbons (Fsp3) is 0.250. The van der Waals surface area contributed by atoms with Crippen molar-refractivity contribution in [2.75, 3.05) is 7.05 Å². The van der Waals surface area contributed by atoms with E-state index >= 15 is 0 Å². The molecule has 1 aromatic heterocycles. The number of aromatic hydroxyl groups is 1. The number of aliphatic imine (C=N–C) groups is 1.